The molecule has 3 aliphatic rings. The van der Waals surface area contributed by atoms with E-state index in [-0.39, 0.29) is 41.4 Å². The highest BCUT2D eigenvalue weighted by atomic mass is 79.9. The number of carbonyl (C=O) groups excluding carboxylic acids is 4. The molecule has 2 saturated carbocycles. The third-order valence-corrected chi connectivity index (χ3v) is 8.09. The van der Waals surface area contributed by atoms with Crippen molar-refractivity contribution < 1.29 is 23.9 Å². The molecule has 0 unspecified atom stereocenters. The second-order valence-corrected chi connectivity index (χ2v) is 10.5. The van der Waals surface area contributed by atoms with E-state index in [9.17, 15) is 19.2 Å². The number of anilines is 1. The molecule has 4 rings (SSSR count). The van der Waals surface area contributed by atoms with E-state index in [0.29, 0.717) is 5.69 Å². The molecule has 3 fully saturated rings. The summed E-state index contributed by atoms with van der Waals surface area (Å²) in [6, 6.07) is 2.73. The molecule has 5 atom stereocenters. The largest absolute Gasteiger partial charge is 0.454 e. The van der Waals surface area contributed by atoms with Crippen LogP contribution in [0.2, 0.25) is 0 Å². The minimum Gasteiger partial charge on any atom is -0.454 e. The molecule has 1 saturated heterocycles. The predicted molar refractivity (Wildman–Crippen MR) is 121 cm³/mol. The number of benzene rings is 1. The van der Waals surface area contributed by atoms with Crippen LogP contribution >= 0.6 is 15.9 Å². The number of nitrogens with zero attached hydrogens (tertiary/aromatic N) is 1. The highest BCUT2D eigenvalue weighted by Crippen LogP contribution is 2.56. The van der Waals surface area contributed by atoms with E-state index in [2.05, 4.69) is 21.2 Å². The van der Waals surface area contributed by atoms with Gasteiger partial charge in [0.05, 0.1) is 11.8 Å². The van der Waals surface area contributed by atoms with Crippen LogP contribution in [0.25, 0.3) is 0 Å². The van der Waals surface area contributed by atoms with Crippen molar-refractivity contribution in [2.45, 2.75) is 53.0 Å². The number of likely N-dealkylation sites (tertiary alicyclic amines) is 1. The molecule has 2 aliphatic carbocycles. The van der Waals surface area contributed by atoms with Crippen molar-refractivity contribution in [2.75, 3.05) is 11.9 Å². The number of hydrogen-bond acceptors (Lipinski definition) is 5. The van der Waals surface area contributed by atoms with Crippen LogP contribution in [0.5, 0.6) is 0 Å². The Labute approximate surface area is 196 Å². The number of amides is 3. The number of nitrogens with one attached hydrogen (secondary N) is 1. The van der Waals surface area contributed by atoms with Gasteiger partial charge >= 0.3 is 5.97 Å². The van der Waals surface area contributed by atoms with Crippen LogP contribution < -0.4 is 5.32 Å². The molecular weight excluding hydrogens is 476 g/mol. The summed E-state index contributed by atoms with van der Waals surface area (Å²) in [4.78, 5) is 52.7. The van der Waals surface area contributed by atoms with Gasteiger partial charge in [0, 0.05) is 10.2 Å². The van der Waals surface area contributed by atoms with E-state index in [1.165, 1.54) is 0 Å². The summed E-state index contributed by atoms with van der Waals surface area (Å²) < 4.78 is 6.23. The first-order valence-corrected chi connectivity index (χ1v) is 12.0. The van der Waals surface area contributed by atoms with E-state index >= 15 is 0 Å². The monoisotopic (exact) mass is 504 g/mol. The molecule has 8 heteroatoms. The zero-order valence-electron chi connectivity index (χ0n) is 18.8. The van der Waals surface area contributed by atoms with Gasteiger partial charge in [-0.15, -0.1) is 0 Å². The Kier molecular flexibility index (Phi) is 6.18. The SMILES string of the molecule is Cc1cc(NC(=O)COC(=O)[C@@H](C(C)C)N2C(=O)[C@@H]3[C@H]4CC[C@@H](C4)[C@@H]3C2=O)c(C)cc1Br. The fraction of sp³-hybridized carbons (Fsp3) is 0.583. The lowest BCUT2D eigenvalue weighted by atomic mass is 9.81. The van der Waals surface area contributed by atoms with Crippen molar-refractivity contribution in [2.24, 2.45) is 29.6 Å². The fourth-order valence-corrected chi connectivity index (χ4v) is 6.16. The quantitative estimate of drug-likeness (QED) is 0.471. The van der Waals surface area contributed by atoms with Crippen molar-refractivity contribution in [3.63, 3.8) is 0 Å². The fourth-order valence-electron chi connectivity index (χ4n) is 5.71. The molecule has 32 heavy (non-hydrogen) atoms. The lowest BCUT2D eigenvalue weighted by Gasteiger charge is -2.28. The van der Waals surface area contributed by atoms with Crippen LogP contribution in [-0.4, -0.2) is 41.2 Å². The summed E-state index contributed by atoms with van der Waals surface area (Å²) in [6.07, 6.45) is 2.89. The molecule has 0 spiro atoms. The number of esters is 1. The zero-order chi connectivity index (χ0) is 23.3. The Bertz CT molecular complexity index is 963. The van der Waals surface area contributed by atoms with Gasteiger partial charge in [-0.1, -0.05) is 29.8 Å². The standard InChI is InChI=1S/C24H29BrN2O5/c1-11(2)21(27-22(29)19-14-5-6-15(9-14)20(19)23(27)30)24(31)32-10-18(28)26-17-8-12(3)16(25)7-13(17)4/h7-8,11,14-15,19-21H,5-6,9-10H2,1-4H3,(H,26,28)/t14-,15-,19-,20+,21+/m0/s1. The van der Waals surface area contributed by atoms with E-state index in [1.54, 1.807) is 13.8 Å². The van der Waals surface area contributed by atoms with Gasteiger partial charge in [-0.05, 0) is 74.1 Å². The van der Waals surface area contributed by atoms with Gasteiger partial charge in [0.2, 0.25) is 11.8 Å². The number of carbonyl (C=O) groups is 4. The Balaban J connectivity index is 1.42. The van der Waals surface area contributed by atoms with Crippen molar-refractivity contribution in [1.29, 1.82) is 0 Å². The number of imide groups is 1. The number of ether oxygens (including phenoxy) is 1. The summed E-state index contributed by atoms with van der Waals surface area (Å²) in [5, 5.41) is 2.76. The molecule has 2 bridgehead atoms. The topological polar surface area (TPSA) is 92.8 Å². The Morgan fingerprint density at radius 1 is 1.09 bits per heavy atom. The van der Waals surface area contributed by atoms with Crippen LogP contribution in [0, 0.1) is 43.4 Å². The molecule has 1 aliphatic heterocycles. The van der Waals surface area contributed by atoms with Crippen molar-refractivity contribution in [3.8, 4) is 0 Å². The maximum Gasteiger partial charge on any atom is 0.330 e. The molecule has 1 heterocycles. The number of aryl methyl sites for hydroxylation is 2. The average Bonchev–Trinajstić information content (AvgIpc) is 3.40. The molecule has 172 valence electrons. The van der Waals surface area contributed by atoms with Crippen LogP contribution in [0.3, 0.4) is 0 Å². The molecule has 1 N–H and O–H groups in total. The third-order valence-electron chi connectivity index (χ3n) is 7.24. The van der Waals surface area contributed by atoms with Crippen LogP contribution in [0.1, 0.15) is 44.2 Å². The average molecular weight is 505 g/mol. The number of halogens is 1. The summed E-state index contributed by atoms with van der Waals surface area (Å²) in [5.74, 6) is -2.07. The van der Waals surface area contributed by atoms with Gasteiger partial charge in [-0.3, -0.25) is 19.3 Å². The van der Waals surface area contributed by atoms with Gasteiger partial charge in [0.1, 0.15) is 6.04 Å². The molecule has 3 amide bonds. The van der Waals surface area contributed by atoms with Crippen LogP contribution in [0.4, 0.5) is 5.69 Å². The Morgan fingerprint density at radius 2 is 1.69 bits per heavy atom. The van der Waals surface area contributed by atoms with Crippen molar-refractivity contribution in [3.05, 3.63) is 27.7 Å². The highest BCUT2D eigenvalue weighted by molar-refractivity contribution is 9.10. The smallest absolute Gasteiger partial charge is 0.330 e. The Morgan fingerprint density at radius 3 is 2.25 bits per heavy atom. The third kappa shape index (κ3) is 3.87. The molecule has 1 aromatic carbocycles. The zero-order valence-corrected chi connectivity index (χ0v) is 20.4. The maximum atomic E-state index is 13.1. The first-order chi connectivity index (χ1) is 15.1. The summed E-state index contributed by atoms with van der Waals surface area (Å²) in [5.41, 5.74) is 2.48. The van der Waals surface area contributed by atoms with Crippen molar-refractivity contribution >= 4 is 45.3 Å². The molecule has 7 nitrogen and oxygen atoms in total. The highest BCUT2D eigenvalue weighted by Gasteiger charge is 2.62. The molecular formula is C24H29BrN2O5. The van der Waals surface area contributed by atoms with Gasteiger partial charge in [-0.2, -0.15) is 0 Å². The molecule has 1 aromatic rings. The van der Waals surface area contributed by atoms with Crippen molar-refractivity contribution in [1.82, 2.24) is 4.90 Å². The van der Waals surface area contributed by atoms with E-state index < -0.39 is 24.5 Å². The van der Waals surface area contributed by atoms with Gasteiger partial charge in [-0.25, -0.2) is 4.79 Å². The van der Waals surface area contributed by atoms with Gasteiger partial charge < -0.3 is 10.1 Å². The molecule has 0 radical (unpaired) electrons. The lowest BCUT2D eigenvalue weighted by Crippen LogP contribution is -2.50. The number of rotatable bonds is 6. The van der Waals surface area contributed by atoms with E-state index in [0.717, 1.165) is 39.8 Å². The predicted octanol–water partition coefficient (Wildman–Crippen LogP) is 3.60. The minimum atomic E-state index is -1.01. The number of hydrogen-bond donors (Lipinski definition) is 1. The first kappa shape index (κ1) is 23.0. The van der Waals surface area contributed by atoms with Crippen LogP contribution in [0.15, 0.2) is 16.6 Å². The van der Waals surface area contributed by atoms with Gasteiger partial charge in [0.15, 0.2) is 6.61 Å². The normalized spacial score (nSPS) is 27.1. The number of fused-ring (bicyclic) bond motifs is 5. The van der Waals surface area contributed by atoms with E-state index in [1.807, 2.05) is 26.0 Å². The second-order valence-electron chi connectivity index (χ2n) is 9.69. The van der Waals surface area contributed by atoms with Crippen LogP contribution in [-0.2, 0) is 23.9 Å². The maximum absolute atomic E-state index is 13.1. The van der Waals surface area contributed by atoms with Gasteiger partial charge in [0.25, 0.3) is 5.91 Å². The van der Waals surface area contributed by atoms with E-state index in [4.69, 9.17) is 4.74 Å². The Hall–Kier alpha value is -2.22. The molecule has 0 aromatic heterocycles. The summed E-state index contributed by atoms with van der Waals surface area (Å²) >= 11 is 3.45. The lowest BCUT2D eigenvalue weighted by molar-refractivity contribution is -0.162. The first-order valence-electron chi connectivity index (χ1n) is 11.2. The minimum absolute atomic E-state index is 0.242. The summed E-state index contributed by atoms with van der Waals surface area (Å²) in [6.45, 7) is 6.87. The summed E-state index contributed by atoms with van der Waals surface area (Å²) in [7, 11) is 0. The second kappa shape index (κ2) is 8.61.